The highest BCUT2D eigenvalue weighted by Gasteiger charge is 2.39. The van der Waals surface area contributed by atoms with Gasteiger partial charge in [0.05, 0.1) is 28.3 Å². The number of nitrogens with zero attached hydrogens (tertiary/aromatic N) is 2. The van der Waals surface area contributed by atoms with Gasteiger partial charge in [-0.3, -0.25) is 4.57 Å². The smallest absolute Gasteiger partial charge is 0.338 e. The van der Waals surface area contributed by atoms with Crippen molar-refractivity contribution >= 4 is 38.9 Å². The maximum Gasteiger partial charge on any atom is 0.338 e. The molecule has 1 atom stereocenters. The van der Waals surface area contributed by atoms with Crippen LogP contribution in [0.15, 0.2) is 64.3 Å². The molecule has 2 aliphatic heterocycles. The van der Waals surface area contributed by atoms with Crippen molar-refractivity contribution in [3.63, 3.8) is 0 Å². The summed E-state index contributed by atoms with van der Waals surface area (Å²) in [5.74, 6) is 0.468. The summed E-state index contributed by atoms with van der Waals surface area (Å²) >= 11 is 3.47. The van der Waals surface area contributed by atoms with E-state index in [1.807, 2.05) is 48.5 Å². The number of anilines is 1. The van der Waals surface area contributed by atoms with Crippen LogP contribution in [-0.4, -0.2) is 22.1 Å². The van der Waals surface area contributed by atoms with Gasteiger partial charge in [0, 0.05) is 4.47 Å². The zero-order valence-corrected chi connectivity index (χ0v) is 14.1. The molecule has 5 nitrogen and oxygen atoms in total. The quantitative estimate of drug-likeness (QED) is 0.654. The molecule has 24 heavy (non-hydrogen) atoms. The number of imidazole rings is 1. The zero-order valence-electron chi connectivity index (χ0n) is 12.5. The lowest BCUT2D eigenvalue weighted by molar-refractivity contribution is -0.136. The predicted octanol–water partition coefficient (Wildman–Crippen LogP) is 3.62. The lowest BCUT2D eigenvalue weighted by Gasteiger charge is -2.27. The van der Waals surface area contributed by atoms with Crippen LogP contribution in [0, 0.1) is 0 Å². The summed E-state index contributed by atoms with van der Waals surface area (Å²) in [4.78, 5) is 17.0. The fraction of sp³-hybridized carbons (Fsp3) is 0.111. The normalized spacial score (nSPS) is 19.0. The number of aromatic nitrogens is 2. The Bertz CT molecular complexity index is 1020. The molecule has 6 heteroatoms. The third-order valence-corrected chi connectivity index (χ3v) is 5.00. The minimum atomic E-state index is -0.270. The Labute approximate surface area is 146 Å². The van der Waals surface area contributed by atoms with E-state index < -0.39 is 0 Å². The van der Waals surface area contributed by atoms with Gasteiger partial charge in [0.25, 0.3) is 0 Å². The van der Waals surface area contributed by atoms with Crippen molar-refractivity contribution in [2.45, 2.75) is 6.04 Å². The van der Waals surface area contributed by atoms with Crippen LogP contribution in [0.3, 0.4) is 0 Å². The number of fused-ring (bicyclic) bond motifs is 3. The van der Waals surface area contributed by atoms with E-state index >= 15 is 0 Å². The molecular weight excluding hydrogens is 370 g/mol. The van der Waals surface area contributed by atoms with Crippen molar-refractivity contribution in [1.29, 1.82) is 0 Å². The topological polar surface area (TPSA) is 56.2 Å². The Kier molecular flexibility index (Phi) is 2.84. The number of esters is 1. The Balaban J connectivity index is 1.81. The van der Waals surface area contributed by atoms with Crippen molar-refractivity contribution in [1.82, 2.24) is 9.55 Å². The molecule has 0 spiro atoms. The van der Waals surface area contributed by atoms with Gasteiger partial charge < -0.3 is 10.1 Å². The standard InChI is InChI=1S/C18H12BrN3O2/c19-11-7-5-10(6-8-11)16-15-13(9-24-17(15)23)21-18-20-12-3-1-2-4-14(12)22(16)18/h1-8,16H,9H2,(H,20,21). The molecular formula is C18H12BrN3O2. The van der Waals surface area contributed by atoms with Crippen LogP contribution >= 0.6 is 15.9 Å². The molecule has 0 saturated heterocycles. The first-order valence-corrected chi connectivity index (χ1v) is 8.41. The van der Waals surface area contributed by atoms with Crippen LogP contribution in [0.4, 0.5) is 5.95 Å². The number of benzene rings is 2. The number of carbonyl (C=O) groups excluding carboxylic acids is 1. The van der Waals surface area contributed by atoms with E-state index in [0.29, 0.717) is 5.57 Å². The third-order valence-electron chi connectivity index (χ3n) is 4.47. The van der Waals surface area contributed by atoms with Crippen molar-refractivity contribution in [2.75, 3.05) is 11.9 Å². The summed E-state index contributed by atoms with van der Waals surface area (Å²) in [5.41, 5.74) is 4.37. The van der Waals surface area contributed by atoms with Crippen molar-refractivity contribution in [3.05, 3.63) is 69.8 Å². The molecule has 2 aliphatic rings. The summed E-state index contributed by atoms with van der Waals surface area (Å²) < 4.78 is 8.33. The number of cyclic esters (lactones) is 1. The van der Waals surface area contributed by atoms with E-state index in [2.05, 4.69) is 30.8 Å². The van der Waals surface area contributed by atoms with E-state index in [1.165, 1.54) is 0 Å². The Hall–Kier alpha value is -2.60. The number of hydrogen-bond donors (Lipinski definition) is 1. The van der Waals surface area contributed by atoms with E-state index in [1.54, 1.807) is 0 Å². The molecule has 118 valence electrons. The minimum absolute atomic E-state index is 0.244. The first-order chi connectivity index (χ1) is 11.7. The highest BCUT2D eigenvalue weighted by Crippen LogP contribution is 2.41. The Morgan fingerprint density at radius 1 is 1.17 bits per heavy atom. The lowest BCUT2D eigenvalue weighted by atomic mass is 9.96. The van der Waals surface area contributed by atoms with Crippen LogP contribution < -0.4 is 5.32 Å². The summed E-state index contributed by atoms with van der Waals surface area (Å²) in [6.45, 7) is 0.268. The predicted molar refractivity (Wildman–Crippen MR) is 93.6 cm³/mol. The fourth-order valence-corrected chi connectivity index (χ4v) is 3.68. The lowest BCUT2D eigenvalue weighted by Crippen LogP contribution is -2.25. The molecule has 1 N–H and O–H groups in total. The van der Waals surface area contributed by atoms with Gasteiger partial charge in [0.15, 0.2) is 0 Å². The number of nitrogens with one attached hydrogen (secondary N) is 1. The zero-order chi connectivity index (χ0) is 16.3. The number of carbonyl (C=O) groups is 1. The molecule has 2 aromatic carbocycles. The largest absolute Gasteiger partial charge is 0.456 e. The number of hydrogen-bond acceptors (Lipinski definition) is 4. The van der Waals surface area contributed by atoms with Gasteiger partial charge >= 0.3 is 5.97 Å². The molecule has 3 aromatic rings. The fourth-order valence-electron chi connectivity index (χ4n) is 3.42. The molecule has 0 saturated carbocycles. The van der Waals surface area contributed by atoms with Gasteiger partial charge in [-0.2, -0.15) is 0 Å². The van der Waals surface area contributed by atoms with Crippen LogP contribution in [0.5, 0.6) is 0 Å². The van der Waals surface area contributed by atoms with Crippen LogP contribution in [-0.2, 0) is 9.53 Å². The summed E-state index contributed by atoms with van der Waals surface area (Å²) in [6.07, 6.45) is 0. The molecule has 0 radical (unpaired) electrons. The summed E-state index contributed by atoms with van der Waals surface area (Å²) in [7, 11) is 0. The first kappa shape index (κ1) is 13.8. The average Bonchev–Trinajstić information content (AvgIpc) is 3.14. The minimum Gasteiger partial charge on any atom is -0.456 e. The molecule has 3 heterocycles. The van der Waals surface area contributed by atoms with Gasteiger partial charge in [-0.05, 0) is 29.8 Å². The van der Waals surface area contributed by atoms with Gasteiger partial charge in [-0.25, -0.2) is 9.78 Å². The van der Waals surface area contributed by atoms with Crippen molar-refractivity contribution in [2.24, 2.45) is 0 Å². The number of para-hydroxylation sites is 2. The highest BCUT2D eigenvalue weighted by atomic mass is 79.9. The average molecular weight is 382 g/mol. The molecule has 0 bridgehead atoms. The molecule has 0 amide bonds. The molecule has 0 aliphatic carbocycles. The van der Waals surface area contributed by atoms with Gasteiger partial charge in [-0.15, -0.1) is 0 Å². The molecule has 5 rings (SSSR count). The third kappa shape index (κ3) is 1.86. The van der Waals surface area contributed by atoms with Crippen LogP contribution in [0.1, 0.15) is 11.6 Å². The van der Waals surface area contributed by atoms with E-state index in [4.69, 9.17) is 4.74 Å². The summed E-state index contributed by atoms with van der Waals surface area (Å²) in [5, 5.41) is 3.27. The van der Waals surface area contributed by atoms with Gasteiger partial charge in [0.2, 0.25) is 5.95 Å². The number of rotatable bonds is 1. The summed E-state index contributed by atoms with van der Waals surface area (Å²) in [6, 6.07) is 15.7. The van der Waals surface area contributed by atoms with Crippen molar-refractivity contribution in [3.8, 4) is 0 Å². The Morgan fingerprint density at radius 3 is 2.79 bits per heavy atom. The van der Waals surface area contributed by atoms with Gasteiger partial charge in [-0.1, -0.05) is 40.2 Å². The second kappa shape index (κ2) is 4.95. The van der Waals surface area contributed by atoms with Crippen molar-refractivity contribution < 1.29 is 9.53 Å². The Morgan fingerprint density at radius 2 is 1.96 bits per heavy atom. The second-order valence-corrected chi connectivity index (χ2v) is 6.76. The second-order valence-electron chi connectivity index (χ2n) is 5.84. The van der Waals surface area contributed by atoms with Gasteiger partial charge in [0.1, 0.15) is 6.61 Å². The SMILES string of the molecule is O=C1OCC2=C1C(c1ccc(Br)cc1)n1c(nc3ccccc31)N2. The maximum absolute atomic E-state index is 12.4. The molecule has 1 aromatic heterocycles. The monoisotopic (exact) mass is 381 g/mol. The highest BCUT2D eigenvalue weighted by molar-refractivity contribution is 9.10. The number of ether oxygens (including phenoxy) is 1. The van der Waals surface area contributed by atoms with Crippen LogP contribution in [0.25, 0.3) is 11.0 Å². The van der Waals surface area contributed by atoms with E-state index in [0.717, 1.165) is 32.7 Å². The maximum atomic E-state index is 12.4. The molecule has 1 unspecified atom stereocenters. The van der Waals surface area contributed by atoms with Crippen LogP contribution in [0.2, 0.25) is 0 Å². The first-order valence-electron chi connectivity index (χ1n) is 7.62. The van der Waals surface area contributed by atoms with E-state index in [9.17, 15) is 4.79 Å². The van der Waals surface area contributed by atoms with E-state index in [-0.39, 0.29) is 18.6 Å². The molecule has 0 fully saturated rings. The number of halogens is 1.